The second kappa shape index (κ2) is 7.18. The highest BCUT2D eigenvalue weighted by Crippen LogP contribution is 2.35. The molecule has 1 saturated heterocycles. The van der Waals surface area contributed by atoms with Crippen LogP contribution >= 0.6 is 0 Å². The Bertz CT molecular complexity index is 398. The quantitative estimate of drug-likeness (QED) is 0.510. The van der Waals surface area contributed by atoms with Gasteiger partial charge in [0.2, 0.25) is 0 Å². The van der Waals surface area contributed by atoms with Crippen LogP contribution in [-0.4, -0.2) is 8.80 Å². The second-order valence-corrected chi connectivity index (χ2v) is 9.35. The fraction of sp³-hybridized carbons (Fsp3) is 0.625. The normalized spacial score (nSPS) is 23.5. The van der Waals surface area contributed by atoms with Gasteiger partial charge in [-0.2, -0.15) is 0 Å². The van der Waals surface area contributed by atoms with E-state index in [2.05, 4.69) is 6.92 Å². The van der Waals surface area contributed by atoms with Crippen LogP contribution in [0.25, 0.3) is 0 Å². The molecule has 1 fully saturated rings. The fourth-order valence-corrected chi connectivity index (χ4v) is 6.71. The van der Waals surface area contributed by atoms with Crippen LogP contribution in [0.15, 0.2) is 18.2 Å². The van der Waals surface area contributed by atoms with Crippen molar-refractivity contribution in [3.63, 3.8) is 0 Å². The van der Waals surface area contributed by atoms with Gasteiger partial charge in [-0.3, -0.25) is 0 Å². The van der Waals surface area contributed by atoms with Crippen molar-refractivity contribution in [2.75, 3.05) is 0 Å². The summed E-state index contributed by atoms with van der Waals surface area (Å²) in [6.07, 6.45) is 6.46. The highest BCUT2D eigenvalue weighted by molar-refractivity contribution is 6.59. The van der Waals surface area contributed by atoms with Gasteiger partial charge in [0.1, 0.15) is 0 Å². The van der Waals surface area contributed by atoms with Crippen molar-refractivity contribution in [2.24, 2.45) is 0 Å². The van der Waals surface area contributed by atoms with Crippen LogP contribution in [0.2, 0.25) is 18.1 Å². The molecule has 1 heterocycles. The molecule has 0 atom stereocenters. The summed E-state index contributed by atoms with van der Waals surface area (Å²) in [6, 6.07) is 8.69. The molecule has 0 bridgehead atoms. The summed E-state index contributed by atoms with van der Waals surface area (Å²) in [5, 5.41) is 0. The summed E-state index contributed by atoms with van der Waals surface area (Å²) < 4.78 is 26.2. The molecular formula is C16H24F2Si. The van der Waals surface area contributed by atoms with Crippen LogP contribution in [0.4, 0.5) is 8.78 Å². The standard InChI is InChI=1S/C16H24F2Si/c1-2-3-4-9-19-10-7-13(8-11-19)14-5-6-15(17)16(18)12-14/h5-6,12-13,19H,2-4,7-11H2,1H3. The molecule has 19 heavy (non-hydrogen) atoms. The summed E-state index contributed by atoms with van der Waals surface area (Å²) in [7, 11) is -0.510. The largest absolute Gasteiger partial charge is 0.204 e. The smallest absolute Gasteiger partial charge is 0.159 e. The Balaban J connectivity index is 1.84. The van der Waals surface area contributed by atoms with E-state index in [4.69, 9.17) is 0 Å². The first-order chi connectivity index (χ1) is 9.20. The van der Waals surface area contributed by atoms with Gasteiger partial charge < -0.3 is 0 Å². The molecule has 1 aromatic carbocycles. The zero-order chi connectivity index (χ0) is 13.7. The van der Waals surface area contributed by atoms with Gasteiger partial charge in [-0.05, 0) is 36.5 Å². The molecule has 0 nitrogen and oxygen atoms in total. The number of benzene rings is 1. The SMILES string of the molecule is CCCCC[SiH]1CCC(c2ccc(F)c(F)c2)CC1. The predicted molar refractivity (Wildman–Crippen MR) is 79.4 cm³/mol. The molecule has 0 saturated carbocycles. The van der Waals surface area contributed by atoms with Gasteiger partial charge in [0.15, 0.2) is 11.6 Å². The lowest BCUT2D eigenvalue weighted by atomic mass is 9.93. The lowest BCUT2D eigenvalue weighted by molar-refractivity contribution is 0.502. The molecule has 0 N–H and O–H groups in total. The van der Waals surface area contributed by atoms with E-state index in [9.17, 15) is 8.78 Å². The maximum atomic E-state index is 13.3. The van der Waals surface area contributed by atoms with Gasteiger partial charge in [0.05, 0.1) is 0 Å². The number of rotatable bonds is 5. The van der Waals surface area contributed by atoms with E-state index in [1.807, 2.05) is 0 Å². The summed E-state index contributed by atoms with van der Waals surface area (Å²) in [4.78, 5) is 0. The third kappa shape index (κ3) is 4.13. The third-order valence-corrected chi connectivity index (χ3v) is 8.00. The van der Waals surface area contributed by atoms with Crippen molar-refractivity contribution in [1.82, 2.24) is 0 Å². The molecule has 0 aliphatic carbocycles. The van der Waals surface area contributed by atoms with Crippen LogP contribution in [0.1, 0.15) is 50.5 Å². The van der Waals surface area contributed by atoms with E-state index < -0.39 is 20.4 Å². The summed E-state index contributed by atoms with van der Waals surface area (Å²) >= 11 is 0. The first kappa shape index (κ1) is 14.7. The molecule has 3 heteroatoms. The van der Waals surface area contributed by atoms with E-state index in [1.54, 1.807) is 6.07 Å². The second-order valence-electron chi connectivity index (χ2n) is 5.89. The van der Waals surface area contributed by atoms with Crippen molar-refractivity contribution in [1.29, 1.82) is 0 Å². The van der Waals surface area contributed by atoms with Crippen molar-refractivity contribution in [2.45, 2.75) is 63.1 Å². The van der Waals surface area contributed by atoms with E-state index >= 15 is 0 Å². The molecule has 1 aliphatic rings. The number of unbranched alkanes of at least 4 members (excludes halogenated alkanes) is 2. The molecule has 2 rings (SSSR count). The van der Waals surface area contributed by atoms with Gasteiger partial charge in [-0.25, -0.2) is 8.78 Å². The van der Waals surface area contributed by atoms with Crippen molar-refractivity contribution >= 4 is 8.80 Å². The Morgan fingerprint density at radius 3 is 2.47 bits per heavy atom. The predicted octanol–water partition coefficient (Wildman–Crippen LogP) is 5.26. The monoisotopic (exact) mass is 282 g/mol. The van der Waals surface area contributed by atoms with Crippen molar-refractivity contribution in [3.05, 3.63) is 35.4 Å². The van der Waals surface area contributed by atoms with E-state index in [1.165, 1.54) is 62.4 Å². The van der Waals surface area contributed by atoms with Crippen LogP contribution in [0.5, 0.6) is 0 Å². The minimum atomic E-state index is -0.730. The molecule has 0 radical (unpaired) electrons. The summed E-state index contributed by atoms with van der Waals surface area (Å²) in [5.74, 6) is -0.962. The Hall–Kier alpha value is -0.703. The molecule has 0 aromatic heterocycles. The highest BCUT2D eigenvalue weighted by atomic mass is 28.3. The lowest BCUT2D eigenvalue weighted by Gasteiger charge is -2.28. The molecule has 0 spiro atoms. The number of hydrogen-bond acceptors (Lipinski definition) is 0. The van der Waals surface area contributed by atoms with E-state index in [0.717, 1.165) is 5.56 Å². The average molecular weight is 282 g/mol. The zero-order valence-electron chi connectivity index (χ0n) is 11.8. The zero-order valence-corrected chi connectivity index (χ0v) is 13.0. The molecule has 0 amide bonds. The van der Waals surface area contributed by atoms with Gasteiger partial charge in [-0.15, -0.1) is 0 Å². The van der Waals surface area contributed by atoms with E-state index in [0.29, 0.717) is 5.92 Å². The Labute approximate surface area is 116 Å². The van der Waals surface area contributed by atoms with Crippen molar-refractivity contribution < 1.29 is 8.78 Å². The van der Waals surface area contributed by atoms with Gasteiger partial charge in [0, 0.05) is 8.80 Å². The molecule has 1 aromatic rings. The Morgan fingerprint density at radius 1 is 1.11 bits per heavy atom. The van der Waals surface area contributed by atoms with Crippen LogP contribution < -0.4 is 0 Å². The Morgan fingerprint density at radius 2 is 1.84 bits per heavy atom. The number of hydrogen-bond donors (Lipinski definition) is 0. The molecule has 106 valence electrons. The first-order valence-electron chi connectivity index (χ1n) is 7.65. The molecule has 0 unspecified atom stereocenters. The molecular weight excluding hydrogens is 258 g/mol. The number of halogens is 2. The topological polar surface area (TPSA) is 0 Å². The minimum absolute atomic E-state index is 0.463. The highest BCUT2D eigenvalue weighted by Gasteiger charge is 2.23. The average Bonchev–Trinajstić information content (AvgIpc) is 2.43. The van der Waals surface area contributed by atoms with Crippen LogP contribution in [-0.2, 0) is 0 Å². The summed E-state index contributed by atoms with van der Waals surface area (Å²) in [6.45, 7) is 2.25. The molecule has 1 aliphatic heterocycles. The van der Waals surface area contributed by atoms with E-state index in [-0.39, 0.29) is 0 Å². The lowest BCUT2D eigenvalue weighted by Crippen LogP contribution is -2.20. The maximum Gasteiger partial charge on any atom is 0.159 e. The van der Waals surface area contributed by atoms with Crippen LogP contribution in [0.3, 0.4) is 0 Å². The van der Waals surface area contributed by atoms with Crippen LogP contribution in [0, 0.1) is 11.6 Å². The first-order valence-corrected chi connectivity index (χ1v) is 10.1. The van der Waals surface area contributed by atoms with Gasteiger partial charge >= 0.3 is 0 Å². The summed E-state index contributed by atoms with van der Waals surface area (Å²) in [5.41, 5.74) is 1.000. The van der Waals surface area contributed by atoms with Crippen molar-refractivity contribution in [3.8, 4) is 0 Å². The third-order valence-electron chi connectivity index (χ3n) is 4.48. The fourth-order valence-electron chi connectivity index (χ4n) is 3.23. The minimum Gasteiger partial charge on any atom is -0.204 e. The van der Waals surface area contributed by atoms with Gasteiger partial charge in [-0.1, -0.05) is 50.4 Å². The maximum absolute atomic E-state index is 13.3. The Kier molecular flexibility index (Phi) is 5.55. The van der Waals surface area contributed by atoms with Gasteiger partial charge in [0.25, 0.3) is 0 Å².